The van der Waals surface area contributed by atoms with Crippen LogP contribution in [0.2, 0.25) is 0 Å². The lowest BCUT2D eigenvalue weighted by Crippen LogP contribution is -2.40. The molecule has 0 amide bonds. The smallest absolute Gasteiger partial charge is 0.0629 e. The molecule has 2 heteroatoms. The normalized spacial score (nSPS) is 33.8. The lowest BCUT2D eigenvalue weighted by molar-refractivity contribution is 0.0963. The molecule has 58 valence electrons. The van der Waals surface area contributed by atoms with E-state index in [0.29, 0.717) is 0 Å². The summed E-state index contributed by atoms with van der Waals surface area (Å²) in [5.41, 5.74) is 1.08. The number of piperidine rings is 1. The average Bonchev–Trinajstić information content (AvgIpc) is 1.88. The number of hydrogen-bond acceptors (Lipinski definition) is 2. The molecule has 1 saturated heterocycles. The molecule has 0 bridgehead atoms. The predicted molar refractivity (Wildman–Crippen MR) is 41.8 cm³/mol. The quantitative estimate of drug-likeness (QED) is 0.522. The molecule has 0 aromatic heterocycles. The molecule has 0 spiro atoms. The Kier molecular flexibility index (Phi) is 2.46. The maximum absolute atomic E-state index is 9.44. The van der Waals surface area contributed by atoms with Gasteiger partial charge in [0, 0.05) is 12.5 Å². The van der Waals surface area contributed by atoms with Crippen LogP contribution in [-0.4, -0.2) is 24.3 Å². The fourth-order valence-electron chi connectivity index (χ4n) is 1.35. The Bertz CT molecular complexity index is 133. The van der Waals surface area contributed by atoms with Crippen molar-refractivity contribution in [2.24, 2.45) is 5.92 Å². The topological polar surface area (TPSA) is 32.3 Å². The van der Waals surface area contributed by atoms with Crippen LogP contribution < -0.4 is 5.32 Å². The van der Waals surface area contributed by atoms with Crippen molar-refractivity contribution >= 4 is 0 Å². The lowest BCUT2D eigenvalue weighted by atomic mass is 9.91. The summed E-state index contributed by atoms with van der Waals surface area (Å²) >= 11 is 0. The highest BCUT2D eigenvalue weighted by Gasteiger charge is 2.22. The highest BCUT2D eigenvalue weighted by atomic mass is 16.3. The van der Waals surface area contributed by atoms with Crippen molar-refractivity contribution < 1.29 is 5.11 Å². The Hall–Kier alpha value is -0.340. The lowest BCUT2D eigenvalue weighted by Gasteiger charge is -2.28. The van der Waals surface area contributed by atoms with Gasteiger partial charge in [-0.25, -0.2) is 0 Å². The van der Waals surface area contributed by atoms with E-state index in [4.69, 9.17) is 0 Å². The molecule has 0 aromatic carbocycles. The van der Waals surface area contributed by atoms with Gasteiger partial charge in [-0.1, -0.05) is 12.2 Å². The third kappa shape index (κ3) is 1.58. The van der Waals surface area contributed by atoms with E-state index in [1.165, 1.54) is 0 Å². The largest absolute Gasteiger partial charge is 0.392 e. The van der Waals surface area contributed by atoms with Gasteiger partial charge in [0.25, 0.3) is 0 Å². The second kappa shape index (κ2) is 3.17. The fraction of sp³-hybridized carbons (Fsp3) is 0.750. The first-order chi connectivity index (χ1) is 4.72. The van der Waals surface area contributed by atoms with E-state index in [1.54, 1.807) is 0 Å². The Balaban J connectivity index is 2.47. The number of nitrogens with one attached hydrogen (secondary N) is 1. The summed E-state index contributed by atoms with van der Waals surface area (Å²) < 4.78 is 0. The first-order valence-corrected chi connectivity index (χ1v) is 3.76. The Morgan fingerprint density at radius 1 is 1.70 bits per heavy atom. The summed E-state index contributed by atoms with van der Waals surface area (Å²) in [7, 11) is 0. The summed E-state index contributed by atoms with van der Waals surface area (Å²) in [6, 6.07) is 0. The van der Waals surface area contributed by atoms with Gasteiger partial charge in [0.15, 0.2) is 0 Å². The van der Waals surface area contributed by atoms with Gasteiger partial charge in [0.2, 0.25) is 0 Å². The summed E-state index contributed by atoms with van der Waals surface area (Å²) in [4.78, 5) is 0. The predicted octanol–water partition coefficient (Wildman–Crippen LogP) is 0.533. The highest BCUT2D eigenvalue weighted by Crippen LogP contribution is 2.17. The van der Waals surface area contributed by atoms with Crippen LogP contribution in [-0.2, 0) is 0 Å². The van der Waals surface area contributed by atoms with E-state index in [0.717, 1.165) is 25.1 Å². The van der Waals surface area contributed by atoms with Crippen LogP contribution >= 0.6 is 0 Å². The molecule has 0 unspecified atom stereocenters. The van der Waals surface area contributed by atoms with Crippen LogP contribution in [0.25, 0.3) is 0 Å². The first kappa shape index (κ1) is 7.76. The molecule has 1 aliphatic rings. The first-order valence-electron chi connectivity index (χ1n) is 3.76. The molecule has 1 heterocycles. The minimum atomic E-state index is -0.168. The molecule has 0 radical (unpaired) electrons. The molecule has 10 heavy (non-hydrogen) atoms. The van der Waals surface area contributed by atoms with E-state index in [2.05, 4.69) is 11.9 Å². The zero-order chi connectivity index (χ0) is 7.56. The van der Waals surface area contributed by atoms with Gasteiger partial charge < -0.3 is 10.4 Å². The third-order valence-electron chi connectivity index (χ3n) is 2.08. The molecular weight excluding hydrogens is 126 g/mol. The molecule has 0 saturated carbocycles. The zero-order valence-electron chi connectivity index (χ0n) is 6.43. The summed E-state index contributed by atoms with van der Waals surface area (Å²) in [5, 5.41) is 12.7. The van der Waals surface area contributed by atoms with Gasteiger partial charge in [0.1, 0.15) is 0 Å². The molecule has 0 aromatic rings. The Morgan fingerprint density at radius 3 is 2.80 bits per heavy atom. The van der Waals surface area contributed by atoms with E-state index < -0.39 is 0 Å². The molecular formula is C8H15NO. The van der Waals surface area contributed by atoms with Crippen molar-refractivity contribution in [2.45, 2.75) is 19.4 Å². The van der Waals surface area contributed by atoms with Gasteiger partial charge in [-0.15, -0.1) is 0 Å². The molecule has 1 aliphatic heterocycles. The number of aliphatic hydroxyl groups is 1. The standard InChI is InChI=1S/C8H15NO/c1-6(2)7-5-9-4-3-8(7)10/h7-10H,1,3-5H2,2H3/t7-,8-/m0/s1. The zero-order valence-corrected chi connectivity index (χ0v) is 6.43. The van der Waals surface area contributed by atoms with Crippen molar-refractivity contribution in [3.63, 3.8) is 0 Å². The summed E-state index contributed by atoms with van der Waals surface area (Å²) in [6.07, 6.45) is 0.691. The Morgan fingerprint density at radius 2 is 2.40 bits per heavy atom. The van der Waals surface area contributed by atoms with Gasteiger partial charge in [-0.05, 0) is 19.9 Å². The number of hydrogen-bond donors (Lipinski definition) is 2. The van der Waals surface area contributed by atoms with Gasteiger partial charge >= 0.3 is 0 Å². The van der Waals surface area contributed by atoms with E-state index in [9.17, 15) is 5.11 Å². The van der Waals surface area contributed by atoms with Crippen LogP contribution in [0.1, 0.15) is 13.3 Å². The minimum Gasteiger partial charge on any atom is -0.392 e. The molecule has 2 atom stereocenters. The fourth-order valence-corrected chi connectivity index (χ4v) is 1.35. The van der Waals surface area contributed by atoms with E-state index >= 15 is 0 Å². The highest BCUT2D eigenvalue weighted by molar-refractivity contribution is 5.02. The maximum atomic E-state index is 9.44. The number of rotatable bonds is 1. The summed E-state index contributed by atoms with van der Waals surface area (Å²) in [6.45, 7) is 7.62. The molecule has 2 nitrogen and oxygen atoms in total. The monoisotopic (exact) mass is 141 g/mol. The second-order valence-electron chi connectivity index (χ2n) is 3.01. The maximum Gasteiger partial charge on any atom is 0.0629 e. The van der Waals surface area contributed by atoms with Crippen molar-refractivity contribution in [1.29, 1.82) is 0 Å². The summed E-state index contributed by atoms with van der Waals surface area (Å²) in [5.74, 6) is 0.272. The minimum absolute atomic E-state index is 0.168. The van der Waals surface area contributed by atoms with Crippen LogP contribution in [0.5, 0.6) is 0 Å². The van der Waals surface area contributed by atoms with Gasteiger partial charge in [-0.2, -0.15) is 0 Å². The van der Waals surface area contributed by atoms with E-state index in [-0.39, 0.29) is 12.0 Å². The van der Waals surface area contributed by atoms with Crippen molar-refractivity contribution in [1.82, 2.24) is 5.32 Å². The molecule has 1 rings (SSSR count). The van der Waals surface area contributed by atoms with Crippen molar-refractivity contribution in [3.05, 3.63) is 12.2 Å². The Labute approximate surface area is 61.9 Å². The molecule has 0 aliphatic carbocycles. The van der Waals surface area contributed by atoms with Gasteiger partial charge in [-0.3, -0.25) is 0 Å². The second-order valence-corrected chi connectivity index (χ2v) is 3.01. The van der Waals surface area contributed by atoms with Crippen LogP contribution in [0.3, 0.4) is 0 Å². The van der Waals surface area contributed by atoms with E-state index in [1.807, 2.05) is 6.92 Å². The van der Waals surface area contributed by atoms with Crippen molar-refractivity contribution in [2.75, 3.05) is 13.1 Å². The van der Waals surface area contributed by atoms with Crippen molar-refractivity contribution in [3.8, 4) is 0 Å². The average molecular weight is 141 g/mol. The third-order valence-corrected chi connectivity index (χ3v) is 2.08. The molecule has 1 fully saturated rings. The number of aliphatic hydroxyl groups excluding tert-OH is 1. The SMILES string of the molecule is C=C(C)[C@@H]1CNCC[C@@H]1O. The van der Waals surface area contributed by atoms with Crippen LogP contribution in [0.4, 0.5) is 0 Å². The van der Waals surface area contributed by atoms with Crippen LogP contribution in [0, 0.1) is 5.92 Å². The molecule has 2 N–H and O–H groups in total. The van der Waals surface area contributed by atoms with Crippen LogP contribution in [0.15, 0.2) is 12.2 Å². The van der Waals surface area contributed by atoms with Gasteiger partial charge in [0.05, 0.1) is 6.10 Å².